The maximum absolute atomic E-state index is 13.3. The highest BCUT2D eigenvalue weighted by atomic mass is 32.2. The molecule has 1 aliphatic heterocycles. The van der Waals surface area contributed by atoms with Gasteiger partial charge in [-0.15, -0.1) is 11.3 Å². The maximum atomic E-state index is 13.3. The van der Waals surface area contributed by atoms with Crippen LogP contribution in [0.5, 0.6) is 5.75 Å². The first-order valence-electron chi connectivity index (χ1n) is 12.5. The Kier molecular flexibility index (Phi) is 9.14. The van der Waals surface area contributed by atoms with Gasteiger partial charge in [0.25, 0.3) is 0 Å². The number of hydrogen-bond acceptors (Lipinski definition) is 7. The minimum atomic E-state index is -4.82. The Morgan fingerprint density at radius 1 is 1.08 bits per heavy atom. The lowest BCUT2D eigenvalue weighted by Gasteiger charge is -2.26. The number of anilines is 1. The highest BCUT2D eigenvalue weighted by Crippen LogP contribution is 2.34. The summed E-state index contributed by atoms with van der Waals surface area (Å²) in [6.07, 6.45) is 0.621. The van der Waals surface area contributed by atoms with Gasteiger partial charge in [-0.2, -0.15) is 13.2 Å². The number of alkyl halides is 3. The SMILES string of the molecule is CS(=O)(=O)c1cccc(-c2csc(/C(=C/C(=N)C(F)(F)F)Nc3ccccc3OCCN3CCCCC3)c2)c1. The third-order valence-electron chi connectivity index (χ3n) is 6.32. The fraction of sp³-hybridized carbons (Fsp3) is 0.321. The van der Waals surface area contributed by atoms with Crippen molar-refractivity contribution in [1.82, 2.24) is 4.90 Å². The van der Waals surface area contributed by atoms with Crippen molar-refractivity contribution in [3.8, 4) is 16.9 Å². The molecule has 1 aromatic heterocycles. The van der Waals surface area contributed by atoms with Crippen LogP contribution in [-0.4, -0.2) is 57.7 Å². The van der Waals surface area contributed by atoms with E-state index in [1.807, 2.05) is 0 Å². The number of para-hydroxylation sites is 2. The number of hydrogen-bond donors (Lipinski definition) is 2. The number of nitrogens with zero attached hydrogens (tertiary/aromatic N) is 1. The molecule has 1 saturated heterocycles. The molecular formula is C28H30F3N3O3S2. The number of benzene rings is 2. The molecule has 0 spiro atoms. The monoisotopic (exact) mass is 577 g/mol. The van der Waals surface area contributed by atoms with E-state index in [1.165, 1.54) is 42.7 Å². The predicted octanol–water partition coefficient (Wildman–Crippen LogP) is 6.72. The van der Waals surface area contributed by atoms with Crippen LogP contribution in [0.3, 0.4) is 0 Å². The summed E-state index contributed by atoms with van der Waals surface area (Å²) in [7, 11) is -3.43. The van der Waals surface area contributed by atoms with Crippen LogP contribution in [0.2, 0.25) is 0 Å². The van der Waals surface area contributed by atoms with Crippen molar-refractivity contribution in [2.75, 3.05) is 37.8 Å². The van der Waals surface area contributed by atoms with Gasteiger partial charge >= 0.3 is 6.18 Å². The lowest BCUT2D eigenvalue weighted by atomic mass is 10.1. The number of nitrogens with one attached hydrogen (secondary N) is 2. The standard InChI is InChI=1S/C28H30F3N3O3S2/c1-39(35,36)22-9-7-8-20(16-22)21-17-26(38-19-21)24(18-27(32)28(29,30)31)33-23-10-3-4-11-25(23)37-15-14-34-12-5-2-6-13-34/h3-4,7-11,16-19,32-33H,2,5-6,12-15H2,1H3/b24-18-,32-27?. The Hall–Kier alpha value is -3.15. The average Bonchev–Trinajstić information content (AvgIpc) is 3.39. The number of halogens is 3. The number of sulfone groups is 1. The van der Waals surface area contributed by atoms with Gasteiger partial charge in [0.1, 0.15) is 18.1 Å². The highest BCUT2D eigenvalue weighted by Gasteiger charge is 2.33. The van der Waals surface area contributed by atoms with E-state index < -0.39 is 21.7 Å². The number of ether oxygens (including phenoxy) is 1. The molecule has 208 valence electrons. The molecule has 2 N–H and O–H groups in total. The lowest BCUT2D eigenvalue weighted by Crippen LogP contribution is -2.33. The Balaban J connectivity index is 1.60. The molecule has 0 unspecified atom stereocenters. The van der Waals surface area contributed by atoms with Gasteiger partial charge < -0.3 is 10.1 Å². The molecule has 0 radical (unpaired) electrons. The highest BCUT2D eigenvalue weighted by molar-refractivity contribution is 7.90. The fourth-order valence-electron chi connectivity index (χ4n) is 4.24. The van der Waals surface area contributed by atoms with Crippen molar-refractivity contribution in [3.05, 3.63) is 70.9 Å². The summed E-state index contributed by atoms with van der Waals surface area (Å²) in [5.41, 5.74) is 0.332. The smallest absolute Gasteiger partial charge is 0.432 e. The molecule has 0 atom stereocenters. The van der Waals surface area contributed by atoms with Crippen molar-refractivity contribution in [2.45, 2.75) is 30.3 Å². The molecule has 2 heterocycles. The number of piperidine rings is 1. The van der Waals surface area contributed by atoms with E-state index in [4.69, 9.17) is 10.1 Å². The molecular weight excluding hydrogens is 547 g/mol. The molecule has 0 saturated carbocycles. The third kappa shape index (κ3) is 7.93. The van der Waals surface area contributed by atoms with E-state index in [2.05, 4.69) is 10.2 Å². The van der Waals surface area contributed by atoms with Gasteiger partial charge in [0.05, 0.1) is 21.2 Å². The van der Waals surface area contributed by atoms with Gasteiger partial charge in [0.15, 0.2) is 9.84 Å². The summed E-state index contributed by atoms with van der Waals surface area (Å²) >= 11 is 1.19. The van der Waals surface area contributed by atoms with Crippen LogP contribution in [0.25, 0.3) is 16.8 Å². The molecule has 11 heteroatoms. The van der Waals surface area contributed by atoms with Gasteiger partial charge in [-0.25, -0.2) is 8.42 Å². The molecule has 0 aliphatic carbocycles. The fourth-order valence-corrected chi connectivity index (χ4v) is 5.80. The molecule has 39 heavy (non-hydrogen) atoms. The van der Waals surface area contributed by atoms with Crippen molar-refractivity contribution in [2.24, 2.45) is 0 Å². The lowest BCUT2D eigenvalue weighted by molar-refractivity contribution is -0.0583. The van der Waals surface area contributed by atoms with Crippen LogP contribution in [0.4, 0.5) is 18.9 Å². The Labute approximate surface area is 230 Å². The molecule has 0 amide bonds. The minimum Gasteiger partial charge on any atom is -0.490 e. The zero-order chi connectivity index (χ0) is 28.0. The van der Waals surface area contributed by atoms with Gasteiger partial charge in [-0.05, 0) is 78.8 Å². The molecule has 1 fully saturated rings. The van der Waals surface area contributed by atoms with Crippen molar-refractivity contribution in [1.29, 1.82) is 5.41 Å². The van der Waals surface area contributed by atoms with Crippen LogP contribution in [-0.2, 0) is 9.84 Å². The van der Waals surface area contributed by atoms with Crippen LogP contribution >= 0.6 is 11.3 Å². The molecule has 6 nitrogen and oxygen atoms in total. The van der Waals surface area contributed by atoms with E-state index in [0.29, 0.717) is 34.0 Å². The van der Waals surface area contributed by atoms with E-state index in [-0.39, 0.29) is 10.6 Å². The van der Waals surface area contributed by atoms with E-state index in [0.717, 1.165) is 32.0 Å². The minimum absolute atomic E-state index is 0.0833. The normalized spacial score (nSPS) is 15.2. The Morgan fingerprint density at radius 3 is 2.54 bits per heavy atom. The first-order chi connectivity index (χ1) is 18.5. The molecule has 2 aromatic carbocycles. The largest absolute Gasteiger partial charge is 0.490 e. The van der Waals surface area contributed by atoms with E-state index >= 15 is 0 Å². The molecule has 3 aromatic rings. The Morgan fingerprint density at radius 2 is 1.82 bits per heavy atom. The summed E-state index contributed by atoms with van der Waals surface area (Å²) in [5.74, 6) is 0.497. The Bertz CT molecular complexity index is 1440. The second-order valence-electron chi connectivity index (χ2n) is 9.34. The topological polar surface area (TPSA) is 82.5 Å². The summed E-state index contributed by atoms with van der Waals surface area (Å²) in [4.78, 5) is 2.93. The quantitative estimate of drug-likeness (QED) is 0.262. The second kappa shape index (κ2) is 12.4. The zero-order valence-corrected chi connectivity index (χ0v) is 23.1. The number of likely N-dealkylation sites (tertiary alicyclic amines) is 1. The van der Waals surface area contributed by atoms with Crippen LogP contribution in [0.1, 0.15) is 24.1 Å². The van der Waals surface area contributed by atoms with E-state index in [9.17, 15) is 21.6 Å². The van der Waals surface area contributed by atoms with Crippen LogP contribution in [0, 0.1) is 5.41 Å². The van der Waals surface area contributed by atoms with Gasteiger partial charge in [0.2, 0.25) is 0 Å². The summed E-state index contributed by atoms with van der Waals surface area (Å²) in [6.45, 7) is 3.26. The van der Waals surface area contributed by atoms with Gasteiger partial charge in [-0.3, -0.25) is 10.3 Å². The summed E-state index contributed by atoms with van der Waals surface area (Å²) in [5, 5.41) is 12.4. The molecule has 1 aliphatic rings. The summed E-state index contributed by atoms with van der Waals surface area (Å²) in [6, 6.07) is 15.1. The van der Waals surface area contributed by atoms with Gasteiger partial charge in [0, 0.05) is 12.8 Å². The zero-order valence-electron chi connectivity index (χ0n) is 21.4. The first kappa shape index (κ1) is 28.8. The number of rotatable bonds is 10. The maximum Gasteiger partial charge on any atom is 0.432 e. The van der Waals surface area contributed by atoms with Crippen molar-refractivity contribution in [3.63, 3.8) is 0 Å². The van der Waals surface area contributed by atoms with E-state index in [1.54, 1.807) is 47.8 Å². The number of allylic oxidation sites excluding steroid dienone is 1. The first-order valence-corrected chi connectivity index (χ1v) is 15.3. The average molecular weight is 578 g/mol. The van der Waals surface area contributed by atoms with Crippen molar-refractivity contribution < 1.29 is 26.3 Å². The molecule has 0 bridgehead atoms. The third-order valence-corrected chi connectivity index (χ3v) is 8.40. The summed E-state index contributed by atoms with van der Waals surface area (Å²) < 4.78 is 70.0. The number of thiophene rings is 1. The van der Waals surface area contributed by atoms with Crippen LogP contribution < -0.4 is 10.1 Å². The van der Waals surface area contributed by atoms with Gasteiger partial charge in [-0.1, -0.05) is 30.7 Å². The van der Waals surface area contributed by atoms with Crippen molar-refractivity contribution >= 4 is 38.3 Å². The molecule has 4 rings (SSSR count). The van der Waals surface area contributed by atoms with Crippen LogP contribution in [0.15, 0.2) is 70.9 Å². The predicted molar refractivity (Wildman–Crippen MR) is 150 cm³/mol. The second-order valence-corrected chi connectivity index (χ2v) is 12.3.